The van der Waals surface area contributed by atoms with Gasteiger partial charge in [-0.3, -0.25) is 19.3 Å². The zero-order valence-electron chi connectivity index (χ0n) is 21.5. The Morgan fingerprint density at radius 2 is 1.88 bits per heavy atom. The number of fused-ring (bicyclic) bond motifs is 3. The molecular formula is C26H20F3N7O6. The standard InChI is InChI=1S/C26H20F3N7O6/c1-2-18-21(24(38)39)33-22-23(37)32-17-9-16(26(27,28)29)19(10-20(17)35(18)22)34-8-7-13(12-34)11-30-25(40)31-14-3-5-15(6-4-14)36(41)42/h3-10,12H,2,11H2,1H3,(H,32,37)(H,38,39)(H2,30,31,40). The molecule has 0 aliphatic rings. The summed E-state index contributed by atoms with van der Waals surface area (Å²) < 4.78 is 44.9. The maximum atomic E-state index is 14.2. The molecule has 216 valence electrons. The summed E-state index contributed by atoms with van der Waals surface area (Å²) in [5.41, 5.74) is -2.17. The van der Waals surface area contributed by atoms with Crippen LogP contribution >= 0.6 is 0 Å². The molecule has 0 aliphatic heterocycles. The molecule has 13 nitrogen and oxygen atoms in total. The summed E-state index contributed by atoms with van der Waals surface area (Å²) >= 11 is 0. The van der Waals surface area contributed by atoms with E-state index in [1.807, 2.05) is 0 Å². The van der Waals surface area contributed by atoms with Crippen molar-refractivity contribution in [3.63, 3.8) is 0 Å². The van der Waals surface area contributed by atoms with E-state index < -0.39 is 34.2 Å². The third-order valence-electron chi connectivity index (χ3n) is 6.44. The van der Waals surface area contributed by atoms with Crippen molar-refractivity contribution in [1.29, 1.82) is 0 Å². The molecule has 0 fully saturated rings. The molecule has 0 atom stereocenters. The number of alkyl halides is 3. The fraction of sp³-hybridized carbons (Fsp3) is 0.154. The van der Waals surface area contributed by atoms with Gasteiger partial charge in [0.1, 0.15) is 0 Å². The van der Waals surface area contributed by atoms with Crippen LogP contribution in [-0.4, -0.2) is 41.0 Å². The molecule has 0 saturated heterocycles. The molecule has 0 unspecified atom stereocenters. The van der Waals surface area contributed by atoms with E-state index in [1.165, 1.54) is 57.8 Å². The molecule has 2 amide bonds. The molecule has 3 aromatic heterocycles. The van der Waals surface area contributed by atoms with E-state index in [4.69, 9.17) is 0 Å². The normalized spacial score (nSPS) is 11.6. The van der Waals surface area contributed by atoms with Crippen LogP contribution in [0.5, 0.6) is 0 Å². The highest BCUT2D eigenvalue weighted by Gasteiger charge is 2.35. The highest BCUT2D eigenvalue weighted by atomic mass is 19.4. The average Bonchev–Trinajstić information content (AvgIpc) is 3.57. The molecular weight excluding hydrogens is 563 g/mol. The van der Waals surface area contributed by atoms with Crippen LogP contribution in [0.3, 0.4) is 0 Å². The zero-order chi connectivity index (χ0) is 30.3. The lowest BCUT2D eigenvalue weighted by Crippen LogP contribution is -2.28. The zero-order valence-corrected chi connectivity index (χ0v) is 21.5. The van der Waals surface area contributed by atoms with Gasteiger partial charge in [0, 0.05) is 36.8 Å². The number of nitrogens with one attached hydrogen (secondary N) is 3. The second-order valence-electron chi connectivity index (χ2n) is 9.10. The van der Waals surface area contributed by atoms with Crippen molar-refractivity contribution in [2.24, 2.45) is 0 Å². The van der Waals surface area contributed by atoms with Crippen LogP contribution < -0.4 is 16.2 Å². The number of benzene rings is 2. The maximum Gasteiger partial charge on any atom is 0.418 e. The average molecular weight is 583 g/mol. The second-order valence-corrected chi connectivity index (χ2v) is 9.10. The van der Waals surface area contributed by atoms with Crippen LogP contribution in [0.25, 0.3) is 22.4 Å². The van der Waals surface area contributed by atoms with Crippen molar-refractivity contribution in [3.8, 4) is 5.69 Å². The number of non-ortho nitro benzene ring substituents is 1. The van der Waals surface area contributed by atoms with Crippen LogP contribution in [0.4, 0.5) is 29.3 Å². The van der Waals surface area contributed by atoms with Gasteiger partial charge in [-0.1, -0.05) is 6.92 Å². The first-order valence-corrected chi connectivity index (χ1v) is 12.3. The van der Waals surface area contributed by atoms with Crippen LogP contribution in [-0.2, 0) is 19.1 Å². The highest BCUT2D eigenvalue weighted by Crippen LogP contribution is 2.36. The number of hydrogen-bond donors (Lipinski definition) is 4. The molecule has 4 N–H and O–H groups in total. The van der Waals surface area contributed by atoms with Crippen LogP contribution in [0.1, 0.15) is 34.2 Å². The second kappa shape index (κ2) is 10.4. The minimum atomic E-state index is -4.82. The molecule has 5 aromatic rings. The largest absolute Gasteiger partial charge is 0.476 e. The van der Waals surface area contributed by atoms with Gasteiger partial charge in [-0.2, -0.15) is 13.2 Å². The molecule has 0 bridgehead atoms. The molecule has 16 heteroatoms. The number of halogens is 3. The lowest BCUT2D eigenvalue weighted by molar-refractivity contribution is -0.384. The summed E-state index contributed by atoms with van der Waals surface area (Å²) in [6.45, 7) is 1.57. The van der Waals surface area contributed by atoms with E-state index in [-0.39, 0.29) is 52.4 Å². The number of nitrogens with zero attached hydrogens (tertiary/aromatic N) is 4. The number of hydrogen-bond acceptors (Lipinski definition) is 6. The number of anilines is 1. The quantitative estimate of drug-likeness (QED) is 0.161. The van der Waals surface area contributed by atoms with E-state index in [0.29, 0.717) is 11.3 Å². The van der Waals surface area contributed by atoms with Gasteiger partial charge in [0.05, 0.1) is 32.9 Å². The molecule has 42 heavy (non-hydrogen) atoms. The topological polar surface area (TPSA) is 177 Å². The number of carboxylic acids is 1. The summed E-state index contributed by atoms with van der Waals surface area (Å²) in [7, 11) is 0. The number of urea groups is 1. The lowest BCUT2D eigenvalue weighted by atomic mass is 10.1. The molecule has 0 aliphatic carbocycles. The highest BCUT2D eigenvalue weighted by molar-refractivity contribution is 5.90. The Hall–Kier alpha value is -5.67. The molecule has 2 aromatic carbocycles. The number of rotatable bonds is 7. The van der Waals surface area contributed by atoms with Crippen LogP contribution in [0.15, 0.2) is 59.7 Å². The van der Waals surface area contributed by atoms with E-state index in [2.05, 4.69) is 20.6 Å². The first-order chi connectivity index (χ1) is 19.9. The Balaban J connectivity index is 1.49. The summed E-state index contributed by atoms with van der Waals surface area (Å²) in [5.74, 6) is -1.38. The smallest absolute Gasteiger partial charge is 0.418 e. The van der Waals surface area contributed by atoms with Gasteiger partial charge in [0.2, 0.25) is 5.65 Å². The van der Waals surface area contributed by atoms with Crippen molar-refractivity contribution in [2.75, 3.05) is 5.32 Å². The third-order valence-corrected chi connectivity index (χ3v) is 6.44. The molecule has 3 heterocycles. The first kappa shape index (κ1) is 27.9. The number of nitro groups is 1. The van der Waals surface area contributed by atoms with Crippen molar-refractivity contribution in [1.82, 2.24) is 24.3 Å². The first-order valence-electron chi connectivity index (χ1n) is 12.3. The van der Waals surface area contributed by atoms with E-state index in [9.17, 15) is 42.8 Å². The van der Waals surface area contributed by atoms with Gasteiger partial charge >= 0.3 is 18.2 Å². The Morgan fingerprint density at radius 1 is 1.17 bits per heavy atom. The van der Waals surface area contributed by atoms with Crippen molar-refractivity contribution >= 4 is 40.1 Å². The number of amides is 2. The Morgan fingerprint density at radius 3 is 2.50 bits per heavy atom. The Kier molecular flexibility index (Phi) is 6.89. The lowest BCUT2D eigenvalue weighted by Gasteiger charge is -2.16. The van der Waals surface area contributed by atoms with E-state index in [0.717, 1.165) is 6.07 Å². The van der Waals surface area contributed by atoms with Gasteiger partial charge in [-0.15, -0.1) is 0 Å². The number of nitro benzene ring substituents is 1. The fourth-order valence-electron chi connectivity index (χ4n) is 4.56. The van der Waals surface area contributed by atoms with Crippen LogP contribution in [0.2, 0.25) is 0 Å². The van der Waals surface area contributed by atoms with Crippen molar-refractivity contribution in [2.45, 2.75) is 26.1 Å². The predicted molar refractivity (Wildman–Crippen MR) is 143 cm³/mol. The molecule has 5 rings (SSSR count). The van der Waals surface area contributed by atoms with Crippen LogP contribution in [0, 0.1) is 10.1 Å². The minimum Gasteiger partial charge on any atom is -0.476 e. The molecule has 0 radical (unpaired) electrons. The number of aromatic carboxylic acids is 1. The summed E-state index contributed by atoms with van der Waals surface area (Å²) in [5, 5.41) is 25.4. The summed E-state index contributed by atoms with van der Waals surface area (Å²) in [6.07, 6.45) is -1.94. The number of carboxylic acid groups (broad SMARTS) is 1. The van der Waals surface area contributed by atoms with Gasteiger partial charge in [-0.25, -0.2) is 14.6 Å². The van der Waals surface area contributed by atoms with Gasteiger partial charge < -0.3 is 25.3 Å². The number of H-pyrrole nitrogens is 1. The van der Waals surface area contributed by atoms with Gasteiger partial charge in [0.25, 0.3) is 11.2 Å². The number of aryl methyl sites for hydroxylation is 1. The minimum absolute atomic E-state index is 0.0677. The number of aromatic nitrogens is 4. The predicted octanol–water partition coefficient (Wildman–Crippen LogP) is 4.48. The molecule has 0 spiro atoms. The maximum absolute atomic E-state index is 14.2. The number of carbonyl (C=O) groups excluding carboxylic acids is 1. The molecule has 0 saturated carbocycles. The summed E-state index contributed by atoms with van der Waals surface area (Å²) in [4.78, 5) is 53.1. The third kappa shape index (κ3) is 5.12. The van der Waals surface area contributed by atoms with Crippen molar-refractivity contribution < 1.29 is 32.8 Å². The number of carbonyl (C=O) groups is 2. The monoisotopic (exact) mass is 583 g/mol. The fourth-order valence-corrected chi connectivity index (χ4v) is 4.56. The summed E-state index contributed by atoms with van der Waals surface area (Å²) in [6, 6.07) is 7.95. The van der Waals surface area contributed by atoms with Gasteiger partial charge in [-0.05, 0) is 42.3 Å². The Labute approximate surface area is 232 Å². The Bertz CT molecular complexity index is 1940. The van der Waals surface area contributed by atoms with Gasteiger partial charge in [0.15, 0.2) is 5.69 Å². The SMILES string of the molecule is CCc1c(C(=O)O)nc2c(=O)[nH]c3cc(C(F)(F)F)c(-n4ccc(CNC(=O)Nc5ccc([N+](=O)[O-])cc5)c4)cc3n12. The number of imidazole rings is 1. The van der Waals surface area contributed by atoms with Crippen molar-refractivity contribution in [3.05, 3.63) is 97.8 Å². The number of aromatic amines is 1. The van der Waals surface area contributed by atoms with E-state index in [1.54, 1.807) is 6.92 Å². The van der Waals surface area contributed by atoms with E-state index >= 15 is 0 Å².